The maximum absolute atomic E-state index is 13.3. The first-order valence-corrected chi connectivity index (χ1v) is 13.4. The van der Waals surface area contributed by atoms with Crippen LogP contribution in [0.15, 0.2) is 101 Å². The van der Waals surface area contributed by atoms with Crippen LogP contribution in [0.4, 0.5) is 11.4 Å². The van der Waals surface area contributed by atoms with Crippen LogP contribution in [-0.4, -0.2) is 23.4 Å². The Balaban J connectivity index is 1.71. The lowest BCUT2D eigenvalue weighted by Gasteiger charge is -2.23. The van der Waals surface area contributed by atoms with E-state index < -0.39 is 20.0 Å². The molecule has 0 unspecified atom stereocenters. The molecule has 0 saturated carbocycles. The summed E-state index contributed by atoms with van der Waals surface area (Å²) in [4.78, 5) is -0.0289. The van der Waals surface area contributed by atoms with Crippen molar-refractivity contribution in [3.63, 3.8) is 0 Å². The van der Waals surface area contributed by atoms with Crippen molar-refractivity contribution in [3.8, 4) is 0 Å². The number of benzene rings is 4. The molecular formula is C24H21ClN2O4S2. The van der Waals surface area contributed by atoms with Crippen LogP contribution in [0.2, 0.25) is 5.02 Å². The summed E-state index contributed by atoms with van der Waals surface area (Å²) >= 11 is 6.23. The third kappa shape index (κ3) is 4.68. The monoisotopic (exact) mass is 500 g/mol. The number of halogens is 1. The Hall–Kier alpha value is -3.07. The molecule has 0 radical (unpaired) electrons. The highest BCUT2D eigenvalue weighted by molar-refractivity contribution is 7.93. The van der Waals surface area contributed by atoms with Crippen molar-refractivity contribution in [1.29, 1.82) is 0 Å². The molecular weight excluding hydrogens is 480 g/mol. The largest absolute Gasteiger partial charge is 0.278 e. The standard InChI is InChI=1S/C24H21ClN2O4S2/c1-2-27(20-10-4-3-5-11-20)33(30,31)22-14-15-23(25)24(17-22)26-32(28,29)21-13-12-18-8-6-7-9-19(18)16-21/h3-17,26H,2H2,1H3. The van der Waals surface area contributed by atoms with E-state index in [4.69, 9.17) is 11.6 Å². The van der Waals surface area contributed by atoms with Gasteiger partial charge in [-0.2, -0.15) is 0 Å². The van der Waals surface area contributed by atoms with E-state index in [0.29, 0.717) is 5.69 Å². The van der Waals surface area contributed by atoms with Gasteiger partial charge in [0.25, 0.3) is 20.0 Å². The first kappa shape index (κ1) is 23.1. The first-order valence-electron chi connectivity index (χ1n) is 10.1. The van der Waals surface area contributed by atoms with E-state index in [2.05, 4.69) is 4.72 Å². The molecule has 0 amide bonds. The van der Waals surface area contributed by atoms with Gasteiger partial charge in [0, 0.05) is 6.54 Å². The number of fused-ring (bicyclic) bond motifs is 1. The van der Waals surface area contributed by atoms with E-state index in [0.717, 1.165) is 10.8 Å². The number of para-hydroxylation sites is 1. The highest BCUT2D eigenvalue weighted by Gasteiger charge is 2.25. The zero-order chi connectivity index (χ0) is 23.6. The van der Waals surface area contributed by atoms with E-state index >= 15 is 0 Å². The van der Waals surface area contributed by atoms with Crippen LogP contribution in [0.3, 0.4) is 0 Å². The Morgan fingerprint density at radius 1 is 0.758 bits per heavy atom. The van der Waals surface area contributed by atoms with Crippen LogP contribution >= 0.6 is 11.6 Å². The molecule has 0 bridgehead atoms. The highest BCUT2D eigenvalue weighted by Crippen LogP contribution is 2.31. The number of hydrogen-bond acceptors (Lipinski definition) is 4. The number of sulfonamides is 2. The van der Waals surface area contributed by atoms with Crippen LogP contribution in [0.1, 0.15) is 6.92 Å². The van der Waals surface area contributed by atoms with E-state index in [1.165, 1.54) is 28.6 Å². The van der Waals surface area contributed by atoms with E-state index in [9.17, 15) is 16.8 Å². The van der Waals surface area contributed by atoms with Crippen molar-refractivity contribution < 1.29 is 16.8 Å². The molecule has 0 saturated heterocycles. The fourth-order valence-corrected chi connectivity index (χ4v) is 6.32. The minimum absolute atomic E-state index is 0.0185. The van der Waals surface area contributed by atoms with Crippen molar-refractivity contribution in [2.75, 3.05) is 15.6 Å². The summed E-state index contributed by atoms with van der Waals surface area (Å²) in [5, 5.41) is 1.76. The molecule has 0 fully saturated rings. The van der Waals surface area contributed by atoms with E-state index in [1.807, 2.05) is 24.3 Å². The van der Waals surface area contributed by atoms with Gasteiger partial charge in [-0.1, -0.05) is 60.1 Å². The molecule has 0 aliphatic heterocycles. The van der Waals surface area contributed by atoms with Gasteiger partial charge in [0.2, 0.25) is 0 Å². The molecule has 4 rings (SSSR count). The summed E-state index contributed by atoms with van der Waals surface area (Å²) in [7, 11) is -7.96. The lowest BCUT2D eigenvalue weighted by atomic mass is 10.1. The van der Waals surface area contributed by atoms with Gasteiger partial charge in [0.15, 0.2) is 0 Å². The Morgan fingerprint density at radius 2 is 1.39 bits per heavy atom. The van der Waals surface area contributed by atoms with Crippen LogP contribution in [0, 0.1) is 0 Å². The quantitative estimate of drug-likeness (QED) is 0.362. The van der Waals surface area contributed by atoms with Crippen LogP contribution in [0.25, 0.3) is 10.8 Å². The molecule has 4 aromatic carbocycles. The van der Waals surface area contributed by atoms with Gasteiger partial charge in [-0.15, -0.1) is 0 Å². The summed E-state index contributed by atoms with van der Waals surface area (Å²) in [5.41, 5.74) is 0.489. The second kappa shape index (κ2) is 9.05. The molecule has 170 valence electrons. The second-order valence-corrected chi connectivity index (χ2v) is 11.2. The van der Waals surface area contributed by atoms with Gasteiger partial charge in [-0.3, -0.25) is 9.03 Å². The summed E-state index contributed by atoms with van der Waals surface area (Å²) in [6.45, 7) is 1.93. The first-order chi connectivity index (χ1) is 15.7. The molecule has 0 heterocycles. The third-order valence-corrected chi connectivity index (χ3v) is 8.72. The fraction of sp³-hybridized carbons (Fsp3) is 0.0833. The molecule has 1 N–H and O–H groups in total. The summed E-state index contributed by atoms with van der Waals surface area (Å²) in [5.74, 6) is 0. The van der Waals surface area contributed by atoms with Gasteiger partial charge in [-0.05, 0) is 60.2 Å². The Morgan fingerprint density at radius 3 is 2.09 bits per heavy atom. The van der Waals surface area contributed by atoms with Gasteiger partial charge >= 0.3 is 0 Å². The number of nitrogens with one attached hydrogen (secondary N) is 1. The van der Waals surface area contributed by atoms with Gasteiger partial charge < -0.3 is 0 Å². The van der Waals surface area contributed by atoms with E-state index in [1.54, 1.807) is 49.4 Å². The summed E-state index contributed by atoms with van der Waals surface area (Å²) in [6, 6.07) is 24.8. The predicted octanol–water partition coefficient (Wildman–Crippen LogP) is 5.51. The van der Waals surface area contributed by atoms with Crippen molar-refractivity contribution in [1.82, 2.24) is 0 Å². The Bertz CT molecular complexity index is 1520. The minimum Gasteiger partial charge on any atom is -0.278 e. The topological polar surface area (TPSA) is 83.6 Å². The summed E-state index contributed by atoms with van der Waals surface area (Å²) < 4.78 is 56.4. The molecule has 6 nitrogen and oxygen atoms in total. The van der Waals surface area contributed by atoms with Crippen LogP contribution in [0.5, 0.6) is 0 Å². The Kier molecular flexibility index (Phi) is 6.34. The molecule has 0 aromatic heterocycles. The number of nitrogens with zero attached hydrogens (tertiary/aromatic N) is 1. The van der Waals surface area contributed by atoms with Crippen LogP contribution < -0.4 is 9.03 Å². The van der Waals surface area contributed by atoms with Gasteiger partial charge in [-0.25, -0.2) is 16.8 Å². The maximum atomic E-state index is 13.3. The van der Waals surface area contributed by atoms with Crippen molar-refractivity contribution in [2.45, 2.75) is 16.7 Å². The average molecular weight is 501 g/mol. The zero-order valence-corrected chi connectivity index (χ0v) is 20.0. The number of rotatable bonds is 7. The van der Waals surface area contributed by atoms with E-state index in [-0.39, 0.29) is 27.0 Å². The molecule has 0 aliphatic rings. The van der Waals surface area contributed by atoms with Crippen molar-refractivity contribution >= 4 is 53.8 Å². The zero-order valence-electron chi connectivity index (χ0n) is 17.6. The lowest BCUT2D eigenvalue weighted by Crippen LogP contribution is -2.30. The fourth-order valence-electron chi connectivity index (χ4n) is 3.49. The second-order valence-electron chi connectivity index (χ2n) is 7.26. The molecule has 33 heavy (non-hydrogen) atoms. The molecule has 0 spiro atoms. The maximum Gasteiger partial charge on any atom is 0.264 e. The molecule has 0 atom stereocenters. The average Bonchev–Trinajstić information content (AvgIpc) is 2.81. The predicted molar refractivity (Wildman–Crippen MR) is 133 cm³/mol. The number of hydrogen-bond donors (Lipinski definition) is 1. The van der Waals surface area contributed by atoms with Crippen molar-refractivity contribution in [2.24, 2.45) is 0 Å². The highest BCUT2D eigenvalue weighted by atomic mass is 35.5. The van der Waals surface area contributed by atoms with Crippen LogP contribution in [-0.2, 0) is 20.0 Å². The smallest absolute Gasteiger partial charge is 0.264 e. The van der Waals surface area contributed by atoms with Gasteiger partial charge in [0.05, 0.1) is 26.2 Å². The SMILES string of the molecule is CCN(c1ccccc1)S(=O)(=O)c1ccc(Cl)c(NS(=O)(=O)c2ccc3ccccc3c2)c1. The molecule has 9 heteroatoms. The lowest BCUT2D eigenvalue weighted by molar-refractivity contribution is 0.591. The minimum atomic E-state index is -4.01. The van der Waals surface area contributed by atoms with Crippen molar-refractivity contribution in [3.05, 3.63) is 96.0 Å². The third-order valence-electron chi connectivity index (χ3n) is 5.13. The molecule has 0 aliphatic carbocycles. The summed E-state index contributed by atoms with van der Waals surface area (Å²) in [6.07, 6.45) is 0. The van der Waals surface area contributed by atoms with Gasteiger partial charge in [0.1, 0.15) is 0 Å². The Labute approximate surface area is 198 Å². The molecule has 4 aromatic rings. The number of anilines is 2. The normalized spacial score (nSPS) is 11.9.